The predicted molar refractivity (Wildman–Crippen MR) is 81.8 cm³/mol. The van der Waals surface area contributed by atoms with Crippen LogP contribution in [0.5, 0.6) is 11.5 Å². The fraction of sp³-hybridized carbons (Fsp3) is 0.222. The SMILES string of the molecule is COc1ccc(C2C=C(C(F)(F)F)c3ccc(F)cc32)cc1OC. The fourth-order valence-corrected chi connectivity index (χ4v) is 2.95. The summed E-state index contributed by atoms with van der Waals surface area (Å²) in [5.74, 6) is -0.399. The van der Waals surface area contributed by atoms with Crippen molar-refractivity contribution in [3.05, 3.63) is 65.0 Å². The second-order valence-corrected chi connectivity index (χ2v) is 5.40. The molecule has 126 valence electrons. The van der Waals surface area contributed by atoms with Crippen LogP contribution in [-0.4, -0.2) is 20.4 Å². The number of rotatable bonds is 3. The second-order valence-electron chi connectivity index (χ2n) is 5.40. The van der Waals surface area contributed by atoms with E-state index in [0.717, 1.165) is 18.2 Å². The first-order chi connectivity index (χ1) is 11.3. The lowest BCUT2D eigenvalue weighted by Crippen LogP contribution is -2.09. The Morgan fingerprint density at radius 2 is 1.62 bits per heavy atom. The third-order valence-electron chi connectivity index (χ3n) is 4.04. The average Bonchev–Trinajstić information content (AvgIpc) is 2.93. The van der Waals surface area contributed by atoms with Crippen LogP contribution in [-0.2, 0) is 0 Å². The molecule has 1 aliphatic carbocycles. The van der Waals surface area contributed by atoms with Crippen molar-refractivity contribution in [2.45, 2.75) is 12.1 Å². The van der Waals surface area contributed by atoms with E-state index in [9.17, 15) is 17.6 Å². The molecule has 0 amide bonds. The first-order valence-corrected chi connectivity index (χ1v) is 7.16. The highest BCUT2D eigenvalue weighted by Gasteiger charge is 2.41. The number of halogens is 4. The Morgan fingerprint density at radius 1 is 0.917 bits per heavy atom. The highest BCUT2D eigenvalue weighted by molar-refractivity contribution is 5.79. The monoisotopic (exact) mass is 338 g/mol. The number of hydrogen-bond acceptors (Lipinski definition) is 2. The molecule has 1 aliphatic rings. The van der Waals surface area contributed by atoms with Crippen LogP contribution < -0.4 is 9.47 Å². The van der Waals surface area contributed by atoms with E-state index in [-0.39, 0.29) is 11.1 Å². The molecule has 0 aromatic heterocycles. The van der Waals surface area contributed by atoms with Crippen molar-refractivity contribution in [2.75, 3.05) is 14.2 Å². The molecule has 0 N–H and O–H groups in total. The van der Waals surface area contributed by atoms with Crippen LogP contribution in [0.1, 0.15) is 22.6 Å². The van der Waals surface area contributed by atoms with Gasteiger partial charge < -0.3 is 9.47 Å². The maximum absolute atomic E-state index is 13.6. The lowest BCUT2D eigenvalue weighted by Gasteiger charge is -2.14. The van der Waals surface area contributed by atoms with E-state index < -0.39 is 23.5 Å². The van der Waals surface area contributed by atoms with E-state index in [0.29, 0.717) is 17.1 Å². The van der Waals surface area contributed by atoms with Crippen molar-refractivity contribution in [3.63, 3.8) is 0 Å². The fourth-order valence-electron chi connectivity index (χ4n) is 2.95. The Kier molecular flexibility index (Phi) is 3.99. The van der Waals surface area contributed by atoms with Crippen LogP contribution >= 0.6 is 0 Å². The number of ether oxygens (including phenoxy) is 2. The molecule has 0 heterocycles. The van der Waals surface area contributed by atoms with E-state index in [4.69, 9.17) is 9.47 Å². The van der Waals surface area contributed by atoms with Gasteiger partial charge in [0, 0.05) is 5.92 Å². The summed E-state index contributed by atoms with van der Waals surface area (Å²) < 4.78 is 63.8. The van der Waals surface area contributed by atoms with Gasteiger partial charge in [0.2, 0.25) is 0 Å². The molecule has 3 rings (SSSR count). The molecule has 0 aliphatic heterocycles. The Bertz CT molecular complexity index is 809. The van der Waals surface area contributed by atoms with Gasteiger partial charge in [-0.1, -0.05) is 18.2 Å². The zero-order valence-corrected chi connectivity index (χ0v) is 12.9. The molecule has 0 spiro atoms. The van der Waals surface area contributed by atoms with E-state index in [2.05, 4.69) is 0 Å². The van der Waals surface area contributed by atoms with Crippen LogP contribution in [0.25, 0.3) is 5.57 Å². The zero-order chi connectivity index (χ0) is 17.5. The highest BCUT2D eigenvalue weighted by Crippen LogP contribution is 2.47. The molecule has 6 heteroatoms. The number of allylic oxidation sites excluding steroid dienone is 2. The molecule has 0 fully saturated rings. The van der Waals surface area contributed by atoms with Crippen LogP contribution in [0.15, 0.2) is 42.5 Å². The third-order valence-corrected chi connectivity index (χ3v) is 4.04. The van der Waals surface area contributed by atoms with Gasteiger partial charge in [-0.3, -0.25) is 0 Å². The quantitative estimate of drug-likeness (QED) is 0.739. The van der Waals surface area contributed by atoms with Crippen molar-refractivity contribution < 1.29 is 27.0 Å². The Hall–Kier alpha value is -2.50. The maximum atomic E-state index is 13.6. The van der Waals surface area contributed by atoms with Gasteiger partial charge in [0.05, 0.1) is 19.8 Å². The van der Waals surface area contributed by atoms with Crippen LogP contribution in [0, 0.1) is 5.82 Å². The van der Waals surface area contributed by atoms with Crippen molar-refractivity contribution in [1.29, 1.82) is 0 Å². The van der Waals surface area contributed by atoms with Gasteiger partial charge in [-0.05, 0) is 41.0 Å². The largest absolute Gasteiger partial charge is 0.493 e. The minimum atomic E-state index is -4.50. The standard InChI is InChI=1S/C18H14F4O2/c1-23-16-6-3-10(7-17(16)24-2)13-9-15(18(20,21)22)12-5-4-11(19)8-14(12)13/h3-9,13H,1-2H3. The van der Waals surface area contributed by atoms with Gasteiger partial charge in [-0.25, -0.2) is 4.39 Å². The predicted octanol–water partition coefficient (Wildman–Crippen LogP) is 4.93. The van der Waals surface area contributed by atoms with Crippen molar-refractivity contribution >= 4 is 5.57 Å². The smallest absolute Gasteiger partial charge is 0.416 e. The lowest BCUT2D eigenvalue weighted by molar-refractivity contribution is -0.0688. The number of alkyl halides is 3. The van der Waals surface area contributed by atoms with Gasteiger partial charge in [-0.2, -0.15) is 13.2 Å². The van der Waals surface area contributed by atoms with E-state index >= 15 is 0 Å². The summed E-state index contributed by atoms with van der Waals surface area (Å²) in [6, 6.07) is 8.23. The Morgan fingerprint density at radius 3 is 2.25 bits per heavy atom. The molecule has 2 nitrogen and oxygen atoms in total. The maximum Gasteiger partial charge on any atom is 0.416 e. The lowest BCUT2D eigenvalue weighted by atomic mass is 9.92. The van der Waals surface area contributed by atoms with Crippen LogP contribution in [0.3, 0.4) is 0 Å². The molecule has 0 bridgehead atoms. The number of benzene rings is 2. The summed E-state index contributed by atoms with van der Waals surface area (Å²) in [6.45, 7) is 0. The van der Waals surface area contributed by atoms with Gasteiger partial charge in [0.25, 0.3) is 0 Å². The second kappa shape index (κ2) is 5.85. The molecule has 0 saturated heterocycles. The van der Waals surface area contributed by atoms with Crippen LogP contribution in [0.2, 0.25) is 0 Å². The summed E-state index contributed by atoms with van der Waals surface area (Å²) in [7, 11) is 2.92. The number of fused-ring (bicyclic) bond motifs is 1. The molecule has 1 atom stereocenters. The van der Waals surface area contributed by atoms with Crippen molar-refractivity contribution in [1.82, 2.24) is 0 Å². The minimum Gasteiger partial charge on any atom is -0.493 e. The molecular formula is C18H14F4O2. The van der Waals surface area contributed by atoms with Crippen LogP contribution in [0.4, 0.5) is 17.6 Å². The highest BCUT2D eigenvalue weighted by atomic mass is 19.4. The van der Waals surface area contributed by atoms with E-state index in [1.165, 1.54) is 20.3 Å². The molecule has 2 aromatic carbocycles. The third kappa shape index (κ3) is 2.72. The van der Waals surface area contributed by atoms with Gasteiger partial charge in [0.1, 0.15) is 5.82 Å². The Labute approximate surface area is 136 Å². The van der Waals surface area contributed by atoms with Gasteiger partial charge in [0.15, 0.2) is 11.5 Å². The normalized spacial score (nSPS) is 16.6. The van der Waals surface area contributed by atoms with Gasteiger partial charge in [-0.15, -0.1) is 0 Å². The van der Waals surface area contributed by atoms with Crippen molar-refractivity contribution in [2.24, 2.45) is 0 Å². The summed E-state index contributed by atoms with van der Waals surface area (Å²) >= 11 is 0. The topological polar surface area (TPSA) is 18.5 Å². The van der Waals surface area contributed by atoms with Gasteiger partial charge >= 0.3 is 6.18 Å². The summed E-state index contributed by atoms with van der Waals surface area (Å²) in [5, 5.41) is 0. The summed E-state index contributed by atoms with van der Waals surface area (Å²) in [6.07, 6.45) is -3.39. The van der Waals surface area contributed by atoms with Crippen molar-refractivity contribution in [3.8, 4) is 11.5 Å². The molecule has 24 heavy (non-hydrogen) atoms. The first-order valence-electron chi connectivity index (χ1n) is 7.16. The zero-order valence-electron chi connectivity index (χ0n) is 12.9. The molecular weight excluding hydrogens is 324 g/mol. The minimum absolute atomic E-state index is 0.00341. The summed E-state index contributed by atoms with van der Waals surface area (Å²) in [5.41, 5.74) is 0.106. The van der Waals surface area contributed by atoms with E-state index in [1.54, 1.807) is 18.2 Å². The molecule has 0 radical (unpaired) electrons. The molecule has 2 aromatic rings. The molecule has 0 saturated carbocycles. The number of hydrogen-bond donors (Lipinski definition) is 0. The van der Waals surface area contributed by atoms with E-state index in [1.807, 2.05) is 0 Å². The first kappa shape index (κ1) is 16.4. The Balaban J connectivity index is 2.15. The summed E-state index contributed by atoms with van der Waals surface area (Å²) in [4.78, 5) is 0. The average molecular weight is 338 g/mol. The number of methoxy groups -OCH3 is 2. The molecule has 1 unspecified atom stereocenters.